The highest BCUT2D eigenvalue weighted by molar-refractivity contribution is 5.93. The molecule has 0 spiro atoms. The predicted octanol–water partition coefficient (Wildman–Crippen LogP) is -0.451. The molecule has 7 nitrogen and oxygen atoms in total. The predicted molar refractivity (Wildman–Crippen MR) is 48.4 cm³/mol. The molecule has 0 unspecified atom stereocenters. The van der Waals surface area contributed by atoms with E-state index in [9.17, 15) is 20.0 Å². The number of nitro groups is 1. The van der Waals surface area contributed by atoms with E-state index in [0.29, 0.717) is 0 Å². The van der Waals surface area contributed by atoms with E-state index < -0.39 is 10.9 Å². The molecule has 0 aliphatic rings. The van der Waals surface area contributed by atoms with E-state index in [0.717, 1.165) is 12.1 Å². The number of ether oxygens (including phenoxy) is 1. The van der Waals surface area contributed by atoms with Crippen molar-refractivity contribution in [3.05, 3.63) is 27.8 Å². The topological polar surface area (TPSA) is 119 Å². The lowest BCUT2D eigenvalue weighted by molar-refractivity contribution is -0.385. The Morgan fingerprint density at radius 1 is 1.53 bits per heavy atom. The van der Waals surface area contributed by atoms with Gasteiger partial charge in [-0.1, -0.05) is 0 Å². The lowest BCUT2D eigenvalue weighted by Gasteiger charge is -2.09. The van der Waals surface area contributed by atoms with Crippen molar-refractivity contribution in [2.24, 2.45) is 0 Å². The smallest absolute Gasteiger partial charge is 0.313 e. The third-order valence-electron chi connectivity index (χ3n) is 1.77. The maximum Gasteiger partial charge on any atom is 0.313 e. The first-order chi connectivity index (χ1) is 6.97. The molecule has 0 radical (unpaired) electrons. The Kier molecular flexibility index (Phi) is 2.75. The standard InChI is InChI=1S/C8H8N2O5/c1-15-7-2-4(8(11)12)5(9)3-6(7)10(13)14/h2-3H,9H2,1H3,(H,11,12)/p-1. The maximum atomic E-state index is 10.6. The van der Waals surface area contributed by atoms with E-state index in [-0.39, 0.29) is 22.7 Å². The average molecular weight is 211 g/mol. The van der Waals surface area contributed by atoms with E-state index in [2.05, 4.69) is 4.74 Å². The Balaban J connectivity index is 3.42. The fourth-order valence-electron chi connectivity index (χ4n) is 1.07. The van der Waals surface area contributed by atoms with E-state index in [1.807, 2.05) is 0 Å². The summed E-state index contributed by atoms with van der Waals surface area (Å²) in [5, 5.41) is 21.1. The van der Waals surface area contributed by atoms with Crippen LogP contribution in [0.5, 0.6) is 5.75 Å². The minimum Gasteiger partial charge on any atom is -0.545 e. The SMILES string of the molecule is COc1cc(C(=O)[O-])c(N)cc1[N+](=O)[O-]. The number of rotatable bonds is 3. The fraction of sp³-hybridized carbons (Fsp3) is 0.125. The van der Waals surface area contributed by atoms with Crippen LogP contribution in [0.15, 0.2) is 12.1 Å². The molecule has 0 atom stereocenters. The van der Waals surface area contributed by atoms with Crippen molar-refractivity contribution in [3.8, 4) is 5.75 Å². The van der Waals surface area contributed by atoms with Crippen LogP contribution in [0.4, 0.5) is 11.4 Å². The van der Waals surface area contributed by atoms with Gasteiger partial charge in [0.15, 0.2) is 5.75 Å². The molecule has 0 aromatic heterocycles. The van der Waals surface area contributed by atoms with Crippen LogP contribution >= 0.6 is 0 Å². The van der Waals surface area contributed by atoms with Gasteiger partial charge >= 0.3 is 5.69 Å². The molecule has 80 valence electrons. The number of nitrogens with two attached hydrogens (primary N) is 1. The summed E-state index contributed by atoms with van der Waals surface area (Å²) in [7, 11) is 1.19. The molecule has 0 aliphatic carbocycles. The first kappa shape index (κ1) is 10.8. The van der Waals surface area contributed by atoms with Gasteiger partial charge in [0.1, 0.15) is 0 Å². The first-order valence-corrected chi connectivity index (χ1v) is 3.80. The molecule has 0 heterocycles. The highest BCUT2D eigenvalue weighted by Crippen LogP contribution is 2.31. The Bertz CT molecular complexity index is 429. The van der Waals surface area contributed by atoms with Crippen molar-refractivity contribution in [1.29, 1.82) is 0 Å². The zero-order valence-electron chi connectivity index (χ0n) is 7.72. The van der Waals surface area contributed by atoms with Gasteiger partial charge in [0.2, 0.25) is 0 Å². The molecule has 2 N–H and O–H groups in total. The van der Waals surface area contributed by atoms with Crippen molar-refractivity contribution in [1.82, 2.24) is 0 Å². The third-order valence-corrected chi connectivity index (χ3v) is 1.77. The molecule has 0 fully saturated rings. The number of methoxy groups -OCH3 is 1. The number of hydrogen-bond donors (Lipinski definition) is 1. The molecule has 0 saturated heterocycles. The Morgan fingerprint density at radius 3 is 2.53 bits per heavy atom. The van der Waals surface area contributed by atoms with Gasteiger partial charge in [-0.15, -0.1) is 0 Å². The third kappa shape index (κ3) is 1.96. The summed E-state index contributed by atoms with van der Waals surface area (Å²) in [6, 6.07) is 1.88. The number of carbonyl (C=O) groups excluding carboxylic acids is 1. The highest BCUT2D eigenvalue weighted by atomic mass is 16.6. The summed E-state index contributed by atoms with van der Waals surface area (Å²) in [5.41, 5.74) is 4.34. The largest absolute Gasteiger partial charge is 0.545 e. The molecule has 0 amide bonds. The summed E-state index contributed by atoms with van der Waals surface area (Å²) < 4.78 is 4.66. The van der Waals surface area contributed by atoms with Gasteiger partial charge in [0.05, 0.1) is 18.0 Å². The number of carboxylic acid groups (broad SMARTS) is 1. The summed E-state index contributed by atoms with van der Waals surface area (Å²) >= 11 is 0. The van der Waals surface area contributed by atoms with E-state index in [4.69, 9.17) is 5.73 Å². The number of nitrogens with zero attached hydrogens (tertiary/aromatic N) is 1. The molecule has 1 rings (SSSR count). The van der Waals surface area contributed by atoms with Gasteiger partial charge in [0, 0.05) is 17.3 Å². The summed E-state index contributed by atoms with van der Waals surface area (Å²) in [6.07, 6.45) is 0. The molecule has 0 aliphatic heterocycles. The second-order valence-corrected chi connectivity index (χ2v) is 2.66. The van der Waals surface area contributed by atoms with Gasteiger partial charge in [-0.25, -0.2) is 0 Å². The minimum absolute atomic E-state index is 0.173. The van der Waals surface area contributed by atoms with Crippen LogP contribution < -0.4 is 15.6 Å². The number of anilines is 1. The van der Waals surface area contributed by atoms with Gasteiger partial charge in [-0.3, -0.25) is 10.1 Å². The molecular formula is C8H7N2O5-. The van der Waals surface area contributed by atoms with Crippen LogP contribution in [0, 0.1) is 10.1 Å². The van der Waals surface area contributed by atoms with Gasteiger partial charge in [0.25, 0.3) is 0 Å². The number of hydrogen-bond acceptors (Lipinski definition) is 6. The van der Waals surface area contributed by atoms with Gasteiger partial charge in [-0.2, -0.15) is 0 Å². The van der Waals surface area contributed by atoms with Crippen LogP contribution in [-0.4, -0.2) is 18.0 Å². The van der Waals surface area contributed by atoms with Crippen LogP contribution in [0.25, 0.3) is 0 Å². The quantitative estimate of drug-likeness (QED) is 0.410. The second-order valence-electron chi connectivity index (χ2n) is 2.66. The summed E-state index contributed by atoms with van der Waals surface area (Å²) in [4.78, 5) is 20.4. The number of aromatic carboxylic acids is 1. The van der Waals surface area contributed by atoms with E-state index >= 15 is 0 Å². The molecule has 15 heavy (non-hydrogen) atoms. The first-order valence-electron chi connectivity index (χ1n) is 3.80. The Labute approximate surface area is 84.2 Å². The number of nitrogen functional groups attached to an aromatic ring is 1. The maximum absolute atomic E-state index is 10.6. The van der Waals surface area contributed by atoms with Crippen LogP contribution in [-0.2, 0) is 0 Å². The fourth-order valence-corrected chi connectivity index (χ4v) is 1.07. The van der Waals surface area contributed by atoms with Crippen molar-refractivity contribution in [2.45, 2.75) is 0 Å². The van der Waals surface area contributed by atoms with E-state index in [1.165, 1.54) is 7.11 Å². The molecule has 0 bridgehead atoms. The van der Waals surface area contributed by atoms with Crippen molar-refractivity contribution in [2.75, 3.05) is 12.8 Å². The van der Waals surface area contributed by atoms with Gasteiger partial charge in [-0.05, 0) is 6.07 Å². The molecule has 1 aromatic rings. The van der Waals surface area contributed by atoms with E-state index in [1.54, 1.807) is 0 Å². The van der Waals surface area contributed by atoms with Crippen LogP contribution in [0.3, 0.4) is 0 Å². The van der Waals surface area contributed by atoms with Crippen LogP contribution in [0.2, 0.25) is 0 Å². The lowest BCUT2D eigenvalue weighted by atomic mass is 10.1. The summed E-state index contributed by atoms with van der Waals surface area (Å²) in [6.45, 7) is 0. The average Bonchev–Trinajstić information content (AvgIpc) is 2.16. The number of benzene rings is 1. The zero-order valence-corrected chi connectivity index (χ0v) is 7.72. The van der Waals surface area contributed by atoms with Gasteiger partial charge < -0.3 is 20.4 Å². The lowest BCUT2D eigenvalue weighted by Crippen LogP contribution is -2.23. The molecule has 0 saturated carbocycles. The number of carboxylic acids is 1. The normalized spacial score (nSPS) is 9.67. The molecular weight excluding hydrogens is 204 g/mol. The second kappa shape index (κ2) is 3.82. The number of nitro benzene ring substituents is 1. The minimum atomic E-state index is -1.51. The monoisotopic (exact) mass is 211 g/mol. The van der Waals surface area contributed by atoms with Crippen molar-refractivity contribution >= 4 is 17.3 Å². The van der Waals surface area contributed by atoms with Crippen molar-refractivity contribution < 1.29 is 19.6 Å². The highest BCUT2D eigenvalue weighted by Gasteiger charge is 2.17. The molecule has 1 aromatic carbocycles. The van der Waals surface area contributed by atoms with Crippen LogP contribution in [0.1, 0.15) is 10.4 Å². The zero-order chi connectivity index (χ0) is 11.6. The molecule has 7 heteroatoms. The Morgan fingerprint density at radius 2 is 2.13 bits per heavy atom. The van der Waals surface area contributed by atoms with Crippen molar-refractivity contribution in [3.63, 3.8) is 0 Å². The summed E-state index contributed by atoms with van der Waals surface area (Å²) in [5.74, 6) is -1.69. The number of carbonyl (C=O) groups is 1. The Hall–Kier alpha value is -2.31.